The summed E-state index contributed by atoms with van der Waals surface area (Å²) < 4.78 is 5.58. The van der Waals surface area contributed by atoms with Crippen LogP contribution < -0.4 is 5.32 Å². The van der Waals surface area contributed by atoms with E-state index in [1.165, 1.54) is 0 Å². The van der Waals surface area contributed by atoms with Gasteiger partial charge in [-0.05, 0) is 48.7 Å². The maximum Gasteiger partial charge on any atom is 0.224 e. The fourth-order valence-corrected chi connectivity index (χ4v) is 5.13. The average Bonchev–Trinajstić information content (AvgIpc) is 2.62. The zero-order valence-corrected chi connectivity index (χ0v) is 16.7. The average molecular weight is 404 g/mol. The van der Waals surface area contributed by atoms with Crippen molar-refractivity contribution < 1.29 is 14.6 Å². The molecular weight excluding hydrogens is 382 g/mol. The fraction of sp³-hybridized carbons (Fsp3) is 0.381. The van der Waals surface area contributed by atoms with E-state index in [0.717, 1.165) is 26.6 Å². The molecule has 4 nitrogen and oxygen atoms in total. The van der Waals surface area contributed by atoms with E-state index in [1.807, 2.05) is 31.2 Å². The number of halogens is 1. The Morgan fingerprint density at radius 1 is 1.26 bits per heavy atom. The largest absolute Gasteiger partial charge is 0.385 e. The number of fused-ring (bicyclic) bond motifs is 1. The number of amides is 1. The number of ether oxygens (including phenoxy) is 1. The van der Waals surface area contributed by atoms with Gasteiger partial charge in [-0.1, -0.05) is 35.5 Å². The zero-order valence-electron chi connectivity index (χ0n) is 15.1. The van der Waals surface area contributed by atoms with Gasteiger partial charge in [-0.25, -0.2) is 0 Å². The summed E-state index contributed by atoms with van der Waals surface area (Å²) in [7, 11) is 0. The zero-order chi connectivity index (χ0) is 19.0. The predicted octanol–water partition coefficient (Wildman–Crippen LogP) is 4.76. The third kappa shape index (κ3) is 4.02. The molecule has 1 amide bonds. The van der Waals surface area contributed by atoms with Gasteiger partial charge in [0.25, 0.3) is 0 Å². The molecule has 0 aliphatic carbocycles. The predicted molar refractivity (Wildman–Crippen MR) is 108 cm³/mol. The van der Waals surface area contributed by atoms with E-state index in [2.05, 4.69) is 17.4 Å². The Balaban J connectivity index is 1.59. The van der Waals surface area contributed by atoms with Crippen LogP contribution in [0, 0.1) is 0 Å². The second-order valence-corrected chi connectivity index (χ2v) is 8.84. The van der Waals surface area contributed by atoms with Crippen LogP contribution in [-0.4, -0.2) is 23.7 Å². The minimum absolute atomic E-state index is 0.0106. The Hall–Kier alpha value is -1.53. The molecule has 1 saturated heterocycles. The monoisotopic (exact) mass is 403 g/mol. The summed E-state index contributed by atoms with van der Waals surface area (Å²) in [5, 5.41) is 14.5. The van der Waals surface area contributed by atoms with Crippen molar-refractivity contribution in [3.8, 4) is 0 Å². The third-order valence-electron chi connectivity index (χ3n) is 5.18. The first kappa shape index (κ1) is 18.8. The molecular formula is C21H22ClNO3S. The van der Waals surface area contributed by atoms with Crippen LogP contribution in [0.1, 0.15) is 37.3 Å². The molecule has 142 valence electrons. The maximum atomic E-state index is 11.6. The number of benzene rings is 2. The minimum atomic E-state index is -0.841. The molecule has 27 heavy (non-hydrogen) atoms. The maximum absolute atomic E-state index is 11.6. The Bertz CT molecular complexity index is 888. The van der Waals surface area contributed by atoms with Crippen molar-refractivity contribution in [2.24, 2.45) is 0 Å². The fourth-order valence-electron chi connectivity index (χ4n) is 3.80. The number of aryl methyl sites for hydroxylation is 1. The smallest absolute Gasteiger partial charge is 0.224 e. The number of rotatable bonds is 3. The van der Waals surface area contributed by atoms with E-state index in [0.29, 0.717) is 37.3 Å². The summed E-state index contributed by atoms with van der Waals surface area (Å²) in [6.07, 6.45) is 2.45. The highest BCUT2D eigenvalue weighted by Crippen LogP contribution is 2.40. The van der Waals surface area contributed by atoms with Gasteiger partial charge < -0.3 is 15.2 Å². The number of carbonyl (C=O) groups excluding carboxylic acids is 1. The van der Waals surface area contributed by atoms with E-state index in [9.17, 15) is 9.90 Å². The van der Waals surface area contributed by atoms with Gasteiger partial charge in [0, 0.05) is 29.1 Å². The highest BCUT2D eigenvalue weighted by Gasteiger charge is 2.35. The third-order valence-corrected chi connectivity index (χ3v) is 6.44. The highest BCUT2D eigenvalue weighted by molar-refractivity contribution is 7.99. The van der Waals surface area contributed by atoms with Gasteiger partial charge in [-0.2, -0.15) is 0 Å². The number of hydrogen-bond acceptors (Lipinski definition) is 4. The lowest BCUT2D eigenvalue weighted by atomic mass is 9.84. The Labute approximate surface area is 168 Å². The second kappa shape index (κ2) is 7.47. The lowest BCUT2D eigenvalue weighted by Gasteiger charge is -2.36. The summed E-state index contributed by atoms with van der Waals surface area (Å²) in [6, 6.07) is 12.0. The molecule has 4 rings (SSSR count). The van der Waals surface area contributed by atoms with Gasteiger partial charge in [0.15, 0.2) is 0 Å². The first-order valence-electron chi connectivity index (χ1n) is 9.18. The van der Waals surface area contributed by atoms with Crippen molar-refractivity contribution in [1.29, 1.82) is 0 Å². The normalized spacial score (nSPS) is 25.0. The first-order valence-corrected chi connectivity index (χ1v) is 10.4. The van der Waals surface area contributed by atoms with Crippen LogP contribution in [0.25, 0.3) is 0 Å². The number of anilines is 1. The molecule has 0 spiro atoms. The Morgan fingerprint density at radius 2 is 2.11 bits per heavy atom. The molecule has 2 aliphatic heterocycles. The minimum Gasteiger partial charge on any atom is -0.385 e. The van der Waals surface area contributed by atoms with Crippen LogP contribution in [0.4, 0.5) is 5.69 Å². The van der Waals surface area contributed by atoms with Crippen LogP contribution in [0.5, 0.6) is 0 Å². The van der Waals surface area contributed by atoms with Gasteiger partial charge in [0.05, 0.1) is 29.0 Å². The summed E-state index contributed by atoms with van der Waals surface area (Å²) in [6.45, 7) is 2.57. The SMILES string of the molecule is CC1CC(O)(c2cccc(Sc3cc(Cl)c4c(c3)CCC(=O)N4)c2)CCO1. The number of carbonyl (C=O) groups is 1. The van der Waals surface area contributed by atoms with Crippen molar-refractivity contribution in [1.82, 2.24) is 0 Å². The van der Waals surface area contributed by atoms with E-state index in [4.69, 9.17) is 16.3 Å². The van der Waals surface area contributed by atoms with Gasteiger partial charge in [-0.3, -0.25) is 4.79 Å². The first-order chi connectivity index (χ1) is 12.9. The van der Waals surface area contributed by atoms with Crippen molar-refractivity contribution in [3.63, 3.8) is 0 Å². The van der Waals surface area contributed by atoms with Crippen LogP contribution in [-0.2, 0) is 21.6 Å². The van der Waals surface area contributed by atoms with Crippen molar-refractivity contribution in [3.05, 3.63) is 52.5 Å². The Kier molecular flexibility index (Phi) is 5.21. The van der Waals surface area contributed by atoms with Crippen LogP contribution in [0.2, 0.25) is 5.02 Å². The van der Waals surface area contributed by atoms with Crippen LogP contribution >= 0.6 is 23.4 Å². The summed E-state index contributed by atoms with van der Waals surface area (Å²) >= 11 is 8.00. The van der Waals surface area contributed by atoms with E-state index < -0.39 is 5.60 Å². The highest BCUT2D eigenvalue weighted by atomic mass is 35.5. The van der Waals surface area contributed by atoms with Crippen LogP contribution in [0.3, 0.4) is 0 Å². The molecule has 1 fully saturated rings. The molecule has 0 radical (unpaired) electrons. The quantitative estimate of drug-likeness (QED) is 0.775. The number of aliphatic hydroxyl groups is 1. The molecule has 0 aromatic heterocycles. The van der Waals surface area contributed by atoms with E-state index >= 15 is 0 Å². The lowest BCUT2D eigenvalue weighted by Crippen LogP contribution is -2.37. The van der Waals surface area contributed by atoms with E-state index in [1.54, 1.807) is 11.8 Å². The summed E-state index contributed by atoms with van der Waals surface area (Å²) in [4.78, 5) is 13.7. The molecule has 6 heteroatoms. The molecule has 2 aromatic rings. The second-order valence-electron chi connectivity index (χ2n) is 7.28. The molecule has 2 aromatic carbocycles. The molecule has 2 atom stereocenters. The molecule has 0 bridgehead atoms. The van der Waals surface area contributed by atoms with Crippen molar-refractivity contribution in [2.45, 2.75) is 54.1 Å². The van der Waals surface area contributed by atoms with Crippen molar-refractivity contribution >= 4 is 35.0 Å². The topological polar surface area (TPSA) is 58.6 Å². The number of nitrogens with one attached hydrogen (secondary N) is 1. The van der Waals surface area contributed by atoms with Gasteiger partial charge in [0.2, 0.25) is 5.91 Å². The summed E-state index contributed by atoms with van der Waals surface area (Å²) in [5.41, 5.74) is 1.89. The molecule has 0 saturated carbocycles. The summed E-state index contributed by atoms with van der Waals surface area (Å²) in [5.74, 6) is 0.0106. The standard InChI is InChI=1S/C21H22ClNO3S/c1-13-12-21(25,7-8-26-13)15-3-2-4-16(10-15)27-17-9-14-5-6-19(24)23-20(14)18(22)11-17/h2-4,9-11,13,25H,5-8,12H2,1H3,(H,23,24). The van der Waals surface area contributed by atoms with E-state index in [-0.39, 0.29) is 12.0 Å². The van der Waals surface area contributed by atoms with Gasteiger partial charge in [-0.15, -0.1) is 0 Å². The molecule has 2 N–H and O–H groups in total. The lowest BCUT2D eigenvalue weighted by molar-refractivity contribution is -0.116. The van der Waals surface area contributed by atoms with Gasteiger partial charge in [0.1, 0.15) is 0 Å². The molecule has 2 heterocycles. The molecule has 2 aliphatic rings. The van der Waals surface area contributed by atoms with Crippen molar-refractivity contribution in [2.75, 3.05) is 11.9 Å². The number of hydrogen-bond donors (Lipinski definition) is 2. The van der Waals surface area contributed by atoms with Gasteiger partial charge >= 0.3 is 0 Å². The Morgan fingerprint density at radius 3 is 2.93 bits per heavy atom. The molecule has 2 unspecified atom stereocenters. The van der Waals surface area contributed by atoms with Crippen LogP contribution in [0.15, 0.2) is 46.2 Å².